The molecule has 0 aromatic carbocycles. The van der Waals surface area contributed by atoms with Gasteiger partial charge in [0.05, 0.1) is 11.4 Å². The zero-order valence-corrected chi connectivity index (χ0v) is 7.71. The van der Waals surface area contributed by atoms with Gasteiger partial charge in [-0.05, 0) is 12.8 Å². The maximum absolute atomic E-state index is 11.5. The number of nitrogens with two attached hydrogens (primary N) is 1. The third-order valence-electron chi connectivity index (χ3n) is 2.04. The molecule has 0 spiro atoms. The number of nitrogen functional groups attached to an aromatic ring is 1. The summed E-state index contributed by atoms with van der Waals surface area (Å²) in [5.41, 5.74) is 6.04. The lowest BCUT2D eigenvalue weighted by atomic mass is 10.2. The molecule has 13 heavy (non-hydrogen) atoms. The van der Waals surface area contributed by atoms with Crippen molar-refractivity contribution in [2.24, 2.45) is 0 Å². The Morgan fingerprint density at radius 3 is 2.85 bits per heavy atom. The van der Waals surface area contributed by atoms with E-state index in [1.165, 1.54) is 6.33 Å². The molecule has 6 heteroatoms. The van der Waals surface area contributed by atoms with E-state index in [2.05, 4.69) is 9.97 Å². The van der Waals surface area contributed by atoms with E-state index in [4.69, 9.17) is 5.73 Å². The van der Waals surface area contributed by atoms with Crippen molar-refractivity contribution in [1.29, 1.82) is 0 Å². The average molecular weight is 199 g/mol. The second kappa shape index (κ2) is 2.66. The molecule has 0 aliphatic carbocycles. The summed E-state index contributed by atoms with van der Waals surface area (Å²) in [6.07, 6.45) is 2.59. The Bertz CT molecular complexity index is 441. The number of nitrogens with zero attached hydrogens (tertiary/aromatic N) is 2. The van der Waals surface area contributed by atoms with Gasteiger partial charge in [0.25, 0.3) is 0 Å². The van der Waals surface area contributed by atoms with Crippen molar-refractivity contribution in [3.05, 3.63) is 12.0 Å². The molecular weight excluding hydrogens is 190 g/mol. The van der Waals surface area contributed by atoms with Gasteiger partial charge in [0.15, 0.2) is 9.84 Å². The molecule has 0 bridgehead atoms. The third-order valence-corrected chi connectivity index (χ3v) is 3.94. The minimum absolute atomic E-state index is 0.0738. The highest BCUT2D eigenvalue weighted by molar-refractivity contribution is 7.91. The van der Waals surface area contributed by atoms with Gasteiger partial charge in [0.1, 0.15) is 17.0 Å². The fraction of sp³-hybridized carbons (Fsp3) is 0.429. The number of anilines is 1. The molecule has 2 heterocycles. The molecule has 1 aliphatic rings. The van der Waals surface area contributed by atoms with Crippen LogP contribution in [0.4, 0.5) is 5.82 Å². The first-order valence-electron chi connectivity index (χ1n) is 3.93. The van der Waals surface area contributed by atoms with Crippen molar-refractivity contribution in [3.63, 3.8) is 0 Å². The van der Waals surface area contributed by atoms with Crippen LogP contribution in [0.1, 0.15) is 12.1 Å². The molecular formula is C7H9N3O2S. The summed E-state index contributed by atoms with van der Waals surface area (Å²) in [5, 5.41) is 0. The molecule has 0 amide bonds. The molecule has 0 unspecified atom stereocenters. The van der Waals surface area contributed by atoms with Crippen molar-refractivity contribution in [1.82, 2.24) is 9.97 Å². The van der Waals surface area contributed by atoms with Crippen LogP contribution in [0.2, 0.25) is 0 Å². The number of sulfone groups is 1. The summed E-state index contributed by atoms with van der Waals surface area (Å²) in [4.78, 5) is 7.72. The molecule has 2 rings (SSSR count). The van der Waals surface area contributed by atoms with Crippen molar-refractivity contribution in [2.75, 3.05) is 11.5 Å². The summed E-state index contributed by atoms with van der Waals surface area (Å²) < 4.78 is 23.1. The lowest BCUT2D eigenvalue weighted by molar-refractivity contribution is 0.584. The Kier molecular flexibility index (Phi) is 1.73. The summed E-state index contributed by atoms with van der Waals surface area (Å²) >= 11 is 0. The summed E-state index contributed by atoms with van der Waals surface area (Å²) in [7, 11) is -3.22. The highest BCUT2D eigenvalue weighted by Crippen LogP contribution is 2.26. The number of aryl methyl sites for hydroxylation is 1. The first-order valence-corrected chi connectivity index (χ1v) is 5.58. The predicted molar refractivity (Wildman–Crippen MR) is 46.8 cm³/mol. The van der Waals surface area contributed by atoms with E-state index in [9.17, 15) is 8.42 Å². The zero-order valence-electron chi connectivity index (χ0n) is 6.90. The van der Waals surface area contributed by atoms with Crippen LogP contribution in [-0.2, 0) is 16.3 Å². The van der Waals surface area contributed by atoms with Crippen LogP contribution >= 0.6 is 0 Å². The topological polar surface area (TPSA) is 85.9 Å². The monoisotopic (exact) mass is 199 g/mol. The summed E-state index contributed by atoms with van der Waals surface area (Å²) in [6, 6.07) is 0. The summed E-state index contributed by atoms with van der Waals surface area (Å²) in [6.45, 7) is 0. The molecule has 70 valence electrons. The zero-order chi connectivity index (χ0) is 9.47. The maximum atomic E-state index is 11.5. The molecule has 1 aromatic heterocycles. The molecule has 0 fully saturated rings. The lowest BCUT2D eigenvalue weighted by Gasteiger charge is -2.15. The van der Waals surface area contributed by atoms with Crippen molar-refractivity contribution in [3.8, 4) is 0 Å². The first-order chi connectivity index (χ1) is 6.11. The smallest absolute Gasteiger partial charge is 0.183 e. The fourth-order valence-corrected chi connectivity index (χ4v) is 3.09. The second-order valence-corrected chi connectivity index (χ2v) is 5.00. The van der Waals surface area contributed by atoms with Crippen LogP contribution in [0.25, 0.3) is 0 Å². The number of rotatable bonds is 0. The highest BCUT2D eigenvalue weighted by Gasteiger charge is 2.27. The average Bonchev–Trinajstić information content (AvgIpc) is 2.02. The van der Waals surface area contributed by atoms with Crippen molar-refractivity contribution in [2.45, 2.75) is 17.7 Å². The minimum Gasteiger partial charge on any atom is -0.383 e. The van der Waals surface area contributed by atoms with E-state index in [1.54, 1.807) is 0 Å². The van der Waals surface area contributed by atoms with E-state index < -0.39 is 9.84 Å². The molecule has 1 aromatic rings. The quantitative estimate of drug-likeness (QED) is 0.624. The molecule has 0 saturated heterocycles. The molecule has 1 aliphatic heterocycles. The summed E-state index contributed by atoms with van der Waals surface area (Å²) in [5.74, 6) is 0.224. The molecule has 5 nitrogen and oxygen atoms in total. The van der Waals surface area contributed by atoms with Gasteiger partial charge in [-0.25, -0.2) is 18.4 Å². The van der Waals surface area contributed by atoms with Gasteiger partial charge in [0.2, 0.25) is 0 Å². The van der Waals surface area contributed by atoms with E-state index in [0.717, 1.165) is 0 Å². The highest BCUT2D eigenvalue weighted by atomic mass is 32.2. The van der Waals surface area contributed by atoms with E-state index >= 15 is 0 Å². The number of fused-ring (bicyclic) bond motifs is 1. The first kappa shape index (κ1) is 8.43. The molecule has 2 N–H and O–H groups in total. The van der Waals surface area contributed by atoms with Crippen LogP contribution in [0.3, 0.4) is 0 Å². The van der Waals surface area contributed by atoms with Gasteiger partial charge >= 0.3 is 0 Å². The van der Waals surface area contributed by atoms with E-state index in [0.29, 0.717) is 18.5 Å². The second-order valence-electron chi connectivity index (χ2n) is 2.96. The van der Waals surface area contributed by atoms with Crippen molar-refractivity contribution < 1.29 is 8.42 Å². The number of aromatic nitrogens is 2. The number of hydrogen-bond acceptors (Lipinski definition) is 5. The van der Waals surface area contributed by atoms with Gasteiger partial charge in [-0.2, -0.15) is 0 Å². The Labute approximate surface area is 75.9 Å². The van der Waals surface area contributed by atoms with Gasteiger partial charge in [-0.3, -0.25) is 0 Å². The Morgan fingerprint density at radius 2 is 2.15 bits per heavy atom. The Balaban J connectivity index is 2.75. The number of hydrogen-bond donors (Lipinski definition) is 1. The standard InChI is InChI=1S/C7H9N3O2S/c8-7-6-5(9-4-10-7)2-1-3-13(6,11)12/h4H,1-3H2,(H2,8,9,10). The van der Waals surface area contributed by atoms with Gasteiger partial charge in [0, 0.05) is 0 Å². The van der Waals surface area contributed by atoms with Crippen LogP contribution < -0.4 is 5.73 Å². The molecule has 0 saturated carbocycles. The van der Waals surface area contributed by atoms with Gasteiger partial charge in [-0.1, -0.05) is 0 Å². The van der Waals surface area contributed by atoms with Crippen LogP contribution in [0, 0.1) is 0 Å². The maximum Gasteiger partial charge on any atom is 0.183 e. The lowest BCUT2D eigenvalue weighted by Crippen LogP contribution is -2.19. The van der Waals surface area contributed by atoms with E-state index in [1.807, 2.05) is 0 Å². The van der Waals surface area contributed by atoms with Crippen molar-refractivity contribution >= 4 is 15.7 Å². The van der Waals surface area contributed by atoms with Crippen LogP contribution in [0.5, 0.6) is 0 Å². The van der Waals surface area contributed by atoms with Crippen LogP contribution in [0.15, 0.2) is 11.2 Å². The normalized spacial score (nSPS) is 19.4. The minimum atomic E-state index is -3.22. The predicted octanol–water partition coefficient (Wildman–Crippen LogP) is -0.221. The Hall–Kier alpha value is -1.17. The van der Waals surface area contributed by atoms with Crippen LogP contribution in [-0.4, -0.2) is 24.1 Å². The fourth-order valence-electron chi connectivity index (χ4n) is 1.47. The molecule has 0 radical (unpaired) electrons. The SMILES string of the molecule is Nc1ncnc2c1S(=O)(=O)CCC2. The Morgan fingerprint density at radius 1 is 1.38 bits per heavy atom. The van der Waals surface area contributed by atoms with E-state index in [-0.39, 0.29) is 16.5 Å². The van der Waals surface area contributed by atoms with Gasteiger partial charge < -0.3 is 5.73 Å². The molecule has 0 atom stereocenters. The van der Waals surface area contributed by atoms with Gasteiger partial charge in [-0.15, -0.1) is 0 Å². The third kappa shape index (κ3) is 1.27. The largest absolute Gasteiger partial charge is 0.383 e.